The number of nitrogens with zero attached hydrogens (tertiary/aromatic N) is 4. The third-order valence-corrected chi connectivity index (χ3v) is 2.77. The third kappa shape index (κ3) is 2.24. The van der Waals surface area contributed by atoms with Gasteiger partial charge < -0.3 is 9.84 Å². The van der Waals surface area contributed by atoms with Gasteiger partial charge >= 0.3 is 0 Å². The molecule has 0 bridgehead atoms. The van der Waals surface area contributed by atoms with Gasteiger partial charge in [0.1, 0.15) is 0 Å². The normalized spacial score (nSPS) is 11.2. The molecule has 0 unspecified atom stereocenters. The van der Waals surface area contributed by atoms with Crippen molar-refractivity contribution in [2.45, 2.75) is 33.4 Å². The molecule has 2 aromatic heterocycles. The van der Waals surface area contributed by atoms with Gasteiger partial charge in [0.25, 0.3) is 0 Å². The fourth-order valence-corrected chi connectivity index (χ4v) is 1.76. The number of rotatable bonds is 4. The molecule has 2 heterocycles. The van der Waals surface area contributed by atoms with E-state index >= 15 is 0 Å². The van der Waals surface area contributed by atoms with Gasteiger partial charge in [-0.2, -0.15) is 10.2 Å². The Morgan fingerprint density at radius 2 is 2.17 bits per heavy atom. The quantitative estimate of drug-likeness (QED) is 0.898. The van der Waals surface area contributed by atoms with Gasteiger partial charge in [0.2, 0.25) is 5.88 Å². The first-order valence-electron chi connectivity index (χ1n) is 5.88. The van der Waals surface area contributed by atoms with Gasteiger partial charge in [-0.15, -0.1) is 0 Å². The van der Waals surface area contributed by atoms with Crippen LogP contribution in [0.1, 0.15) is 31.1 Å². The summed E-state index contributed by atoms with van der Waals surface area (Å²) in [6, 6.07) is 0.285. The van der Waals surface area contributed by atoms with E-state index in [1.807, 2.05) is 31.6 Å². The minimum absolute atomic E-state index is 0.0900. The predicted octanol–water partition coefficient (Wildman–Crippen LogP) is 1.79. The molecule has 6 nitrogen and oxygen atoms in total. The number of hydrogen-bond donors (Lipinski definition) is 1. The number of ether oxygens (including phenoxy) is 1. The molecule has 98 valence electrons. The van der Waals surface area contributed by atoms with Crippen molar-refractivity contribution >= 4 is 0 Å². The average Bonchev–Trinajstić information content (AvgIpc) is 2.86. The molecule has 0 atom stereocenters. The first-order valence-corrected chi connectivity index (χ1v) is 5.88. The molecule has 0 aliphatic carbocycles. The van der Waals surface area contributed by atoms with Gasteiger partial charge in [-0.1, -0.05) is 0 Å². The molecule has 0 fully saturated rings. The fraction of sp³-hybridized carbons (Fsp3) is 0.500. The van der Waals surface area contributed by atoms with Crippen molar-refractivity contribution in [2.75, 3.05) is 0 Å². The van der Waals surface area contributed by atoms with E-state index in [4.69, 9.17) is 4.74 Å². The molecule has 0 aliphatic heterocycles. The second-order valence-corrected chi connectivity index (χ2v) is 4.50. The van der Waals surface area contributed by atoms with Gasteiger partial charge in [0.05, 0.1) is 30.3 Å². The number of aromatic nitrogens is 4. The van der Waals surface area contributed by atoms with Crippen LogP contribution >= 0.6 is 0 Å². The monoisotopic (exact) mass is 250 g/mol. The van der Waals surface area contributed by atoms with Crippen molar-refractivity contribution < 1.29 is 9.84 Å². The molecule has 2 aromatic rings. The van der Waals surface area contributed by atoms with Crippen LogP contribution < -0.4 is 4.74 Å². The topological polar surface area (TPSA) is 65.1 Å². The first-order chi connectivity index (χ1) is 8.52. The third-order valence-electron chi connectivity index (χ3n) is 2.77. The lowest BCUT2D eigenvalue weighted by Crippen LogP contribution is -2.00. The minimum Gasteiger partial charge on any atom is -0.436 e. The summed E-state index contributed by atoms with van der Waals surface area (Å²) >= 11 is 0. The van der Waals surface area contributed by atoms with E-state index in [0.717, 1.165) is 5.69 Å². The summed E-state index contributed by atoms with van der Waals surface area (Å²) in [6.45, 7) is 5.84. The summed E-state index contributed by atoms with van der Waals surface area (Å²) in [5, 5.41) is 17.8. The number of hydrogen-bond acceptors (Lipinski definition) is 4. The number of aryl methyl sites for hydroxylation is 2. The Labute approximate surface area is 106 Å². The standard InChI is InChI=1S/C12H18N4O2/c1-8(2)16-6-10(5-13-16)18-12-11(7-17)9(3)14-15(12)4/h5-6,8,17H,7H2,1-4H3. The van der Waals surface area contributed by atoms with Crippen LogP contribution in [0.15, 0.2) is 12.4 Å². The lowest BCUT2D eigenvalue weighted by atomic mass is 10.3. The molecular weight excluding hydrogens is 232 g/mol. The fourth-order valence-electron chi connectivity index (χ4n) is 1.76. The van der Waals surface area contributed by atoms with E-state index < -0.39 is 0 Å². The lowest BCUT2D eigenvalue weighted by Gasteiger charge is -2.06. The van der Waals surface area contributed by atoms with E-state index in [1.165, 1.54) is 0 Å². The SMILES string of the molecule is Cc1nn(C)c(Oc2cnn(C(C)C)c2)c1CO. The van der Waals surface area contributed by atoms with Crippen molar-refractivity contribution in [2.24, 2.45) is 7.05 Å². The molecule has 0 aliphatic rings. The maximum absolute atomic E-state index is 9.33. The minimum atomic E-state index is -0.0900. The molecule has 0 radical (unpaired) electrons. The van der Waals surface area contributed by atoms with Crippen molar-refractivity contribution in [3.05, 3.63) is 23.7 Å². The highest BCUT2D eigenvalue weighted by atomic mass is 16.5. The van der Waals surface area contributed by atoms with Crippen molar-refractivity contribution in [3.8, 4) is 11.6 Å². The van der Waals surface area contributed by atoms with Crippen LogP contribution in [0.5, 0.6) is 11.6 Å². The van der Waals surface area contributed by atoms with Gasteiger partial charge in [0.15, 0.2) is 5.75 Å². The van der Waals surface area contributed by atoms with Crippen LogP contribution in [0, 0.1) is 6.92 Å². The molecule has 6 heteroatoms. The lowest BCUT2D eigenvalue weighted by molar-refractivity contribution is 0.274. The molecule has 2 rings (SSSR count). The molecule has 18 heavy (non-hydrogen) atoms. The Bertz CT molecular complexity index is 542. The van der Waals surface area contributed by atoms with E-state index in [0.29, 0.717) is 17.2 Å². The molecule has 0 spiro atoms. The number of aliphatic hydroxyl groups excluding tert-OH is 1. The van der Waals surface area contributed by atoms with Gasteiger partial charge in [0, 0.05) is 13.1 Å². The molecule has 0 saturated heterocycles. The van der Waals surface area contributed by atoms with Crippen LogP contribution in [0.4, 0.5) is 0 Å². The van der Waals surface area contributed by atoms with Crippen LogP contribution in [-0.2, 0) is 13.7 Å². The predicted molar refractivity (Wildman–Crippen MR) is 66.6 cm³/mol. The summed E-state index contributed by atoms with van der Waals surface area (Å²) in [4.78, 5) is 0. The first kappa shape index (κ1) is 12.6. The Morgan fingerprint density at radius 3 is 2.72 bits per heavy atom. The van der Waals surface area contributed by atoms with E-state index in [-0.39, 0.29) is 12.6 Å². The second kappa shape index (κ2) is 4.81. The smallest absolute Gasteiger partial charge is 0.223 e. The van der Waals surface area contributed by atoms with Gasteiger partial charge in [-0.25, -0.2) is 4.68 Å². The molecule has 0 aromatic carbocycles. The van der Waals surface area contributed by atoms with Crippen LogP contribution in [0.25, 0.3) is 0 Å². The zero-order valence-electron chi connectivity index (χ0n) is 11.1. The van der Waals surface area contributed by atoms with Crippen molar-refractivity contribution in [1.82, 2.24) is 19.6 Å². The van der Waals surface area contributed by atoms with Crippen LogP contribution in [-0.4, -0.2) is 24.7 Å². The molecular formula is C12H18N4O2. The molecule has 0 amide bonds. The van der Waals surface area contributed by atoms with E-state index in [2.05, 4.69) is 10.2 Å². The average molecular weight is 250 g/mol. The largest absolute Gasteiger partial charge is 0.436 e. The van der Waals surface area contributed by atoms with Crippen molar-refractivity contribution in [1.29, 1.82) is 0 Å². The van der Waals surface area contributed by atoms with Crippen molar-refractivity contribution in [3.63, 3.8) is 0 Å². The van der Waals surface area contributed by atoms with Crippen LogP contribution in [0.3, 0.4) is 0 Å². The highest BCUT2D eigenvalue weighted by Crippen LogP contribution is 2.27. The molecule has 0 saturated carbocycles. The van der Waals surface area contributed by atoms with E-state index in [1.54, 1.807) is 17.9 Å². The summed E-state index contributed by atoms with van der Waals surface area (Å²) in [5.74, 6) is 1.19. The summed E-state index contributed by atoms with van der Waals surface area (Å²) in [6.07, 6.45) is 3.48. The molecule has 1 N–H and O–H groups in total. The Morgan fingerprint density at radius 1 is 1.44 bits per heavy atom. The summed E-state index contributed by atoms with van der Waals surface area (Å²) < 4.78 is 9.18. The van der Waals surface area contributed by atoms with E-state index in [9.17, 15) is 5.11 Å². The Hall–Kier alpha value is -1.82. The summed E-state index contributed by atoms with van der Waals surface area (Å²) in [7, 11) is 1.79. The van der Waals surface area contributed by atoms with Gasteiger partial charge in [-0.3, -0.25) is 4.68 Å². The zero-order valence-corrected chi connectivity index (χ0v) is 11.1. The Balaban J connectivity index is 2.27. The Kier molecular flexibility index (Phi) is 3.38. The van der Waals surface area contributed by atoms with Crippen LogP contribution in [0.2, 0.25) is 0 Å². The van der Waals surface area contributed by atoms with Gasteiger partial charge in [-0.05, 0) is 20.8 Å². The highest BCUT2D eigenvalue weighted by molar-refractivity contribution is 5.33. The second-order valence-electron chi connectivity index (χ2n) is 4.50. The highest BCUT2D eigenvalue weighted by Gasteiger charge is 2.15. The number of aliphatic hydroxyl groups is 1. The maximum Gasteiger partial charge on any atom is 0.223 e. The maximum atomic E-state index is 9.33. The zero-order chi connectivity index (χ0) is 13.3. The summed E-state index contributed by atoms with van der Waals surface area (Å²) in [5.41, 5.74) is 1.47.